The lowest BCUT2D eigenvalue weighted by atomic mass is 9.93. The Morgan fingerprint density at radius 2 is 1.86 bits per heavy atom. The quantitative estimate of drug-likeness (QED) is 0.470. The summed E-state index contributed by atoms with van der Waals surface area (Å²) < 4.78 is 11.0. The molecule has 1 atom stereocenters. The molecule has 1 unspecified atom stereocenters. The first-order valence-corrected chi connectivity index (χ1v) is 13.2. The van der Waals surface area contributed by atoms with Crippen LogP contribution < -0.4 is 4.74 Å². The van der Waals surface area contributed by atoms with E-state index in [1.54, 1.807) is 7.11 Å². The highest BCUT2D eigenvalue weighted by Gasteiger charge is 2.41. The highest BCUT2D eigenvalue weighted by molar-refractivity contribution is 8.16. The van der Waals surface area contributed by atoms with Crippen molar-refractivity contribution < 1.29 is 19.1 Å². The van der Waals surface area contributed by atoms with Gasteiger partial charge in [-0.15, -0.1) is 0 Å². The monoisotopic (exact) mass is 497 g/mol. The molecule has 0 radical (unpaired) electrons. The van der Waals surface area contributed by atoms with Gasteiger partial charge in [0.2, 0.25) is 5.91 Å². The fraction of sp³-hybridized carbons (Fsp3) is 0.519. The van der Waals surface area contributed by atoms with Crippen molar-refractivity contribution >= 4 is 28.8 Å². The zero-order valence-electron chi connectivity index (χ0n) is 21.2. The van der Waals surface area contributed by atoms with Crippen molar-refractivity contribution in [2.45, 2.75) is 77.5 Å². The first kappa shape index (κ1) is 25.4. The van der Waals surface area contributed by atoms with Gasteiger partial charge in [0, 0.05) is 18.8 Å². The lowest BCUT2D eigenvalue weighted by Crippen LogP contribution is -2.41. The second-order valence-electron chi connectivity index (χ2n) is 9.59. The number of aliphatic imine (C=N–C) groups is 1. The fourth-order valence-corrected chi connectivity index (χ4v) is 5.93. The third-order valence-corrected chi connectivity index (χ3v) is 7.73. The summed E-state index contributed by atoms with van der Waals surface area (Å²) in [4.78, 5) is 35.3. The van der Waals surface area contributed by atoms with Crippen LogP contribution >= 0.6 is 11.8 Å². The normalized spacial score (nSPS) is 20.4. The Morgan fingerprint density at radius 1 is 1.17 bits per heavy atom. The van der Waals surface area contributed by atoms with Crippen LogP contribution in [-0.2, 0) is 14.3 Å². The minimum absolute atomic E-state index is 0.0936. The molecule has 8 heteroatoms. The van der Waals surface area contributed by atoms with Crippen LogP contribution in [0, 0.1) is 0 Å². The van der Waals surface area contributed by atoms with Gasteiger partial charge in [-0.2, -0.15) is 0 Å². The number of methoxy groups -OCH3 is 1. The molecule has 1 amide bonds. The number of ether oxygens (including phenoxy) is 2. The van der Waals surface area contributed by atoms with Crippen LogP contribution in [-0.4, -0.2) is 53.1 Å². The molecule has 0 aromatic heterocycles. The topological polar surface area (TPSA) is 71.4 Å². The molecule has 0 spiro atoms. The van der Waals surface area contributed by atoms with Crippen molar-refractivity contribution in [3.05, 3.63) is 52.2 Å². The molecule has 1 aromatic carbocycles. The molecule has 0 saturated heterocycles. The lowest BCUT2D eigenvalue weighted by Gasteiger charge is -2.37. The van der Waals surface area contributed by atoms with Crippen molar-refractivity contribution in [1.29, 1.82) is 0 Å². The summed E-state index contributed by atoms with van der Waals surface area (Å²) in [6, 6.07) is 7.55. The van der Waals surface area contributed by atoms with Crippen LogP contribution in [0.2, 0.25) is 0 Å². The molecule has 7 nitrogen and oxygen atoms in total. The van der Waals surface area contributed by atoms with Gasteiger partial charge in [-0.1, -0.05) is 43.2 Å². The number of amides is 1. The predicted molar refractivity (Wildman–Crippen MR) is 139 cm³/mol. The number of thioether (sulfide) groups is 1. The fourth-order valence-electron chi connectivity index (χ4n) is 4.96. The van der Waals surface area contributed by atoms with Crippen molar-refractivity contribution in [3.63, 3.8) is 0 Å². The molecule has 4 rings (SSSR count). The molecular weight excluding hydrogens is 462 g/mol. The molecule has 1 aromatic rings. The van der Waals surface area contributed by atoms with Gasteiger partial charge in [0.05, 0.1) is 36.9 Å². The molecule has 188 valence electrons. The van der Waals surface area contributed by atoms with Crippen molar-refractivity contribution in [2.75, 3.05) is 14.2 Å². The second-order valence-corrected chi connectivity index (χ2v) is 10.4. The SMILES string of the molecule is COc1ccc(C2C(C(=O)OC(C)C)=C(C)N=C3SC=C(CC(=O)N(C)C4CCCCC4)N32)cc1. The minimum atomic E-state index is -0.436. The summed E-state index contributed by atoms with van der Waals surface area (Å²) >= 11 is 1.49. The summed E-state index contributed by atoms with van der Waals surface area (Å²) in [6.07, 6.45) is 5.74. The number of nitrogens with zero attached hydrogens (tertiary/aromatic N) is 3. The summed E-state index contributed by atoms with van der Waals surface area (Å²) in [5, 5.41) is 2.76. The Hall–Kier alpha value is -2.74. The first-order valence-electron chi connectivity index (χ1n) is 12.3. The van der Waals surface area contributed by atoms with Crippen molar-refractivity contribution in [3.8, 4) is 5.75 Å². The van der Waals surface area contributed by atoms with E-state index in [9.17, 15) is 9.59 Å². The maximum atomic E-state index is 13.3. The second kappa shape index (κ2) is 10.9. The number of carbonyl (C=O) groups excluding carboxylic acids is 2. The van der Waals surface area contributed by atoms with Gasteiger partial charge < -0.3 is 19.3 Å². The maximum Gasteiger partial charge on any atom is 0.338 e. The van der Waals surface area contributed by atoms with E-state index >= 15 is 0 Å². The Bertz CT molecular complexity index is 1050. The number of esters is 1. The highest BCUT2D eigenvalue weighted by atomic mass is 32.2. The summed E-state index contributed by atoms with van der Waals surface area (Å²) in [6.45, 7) is 5.52. The number of carbonyl (C=O) groups is 2. The summed E-state index contributed by atoms with van der Waals surface area (Å²) in [5.41, 5.74) is 2.89. The highest BCUT2D eigenvalue weighted by Crippen LogP contribution is 2.45. The van der Waals surface area contributed by atoms with E-state index in [1.807, 2.05) is 67.3 Å². The number of benzene rings is 1. The van der Waals surface area contributed by atoms with Crippen LogP contribution in [0.3, 0.4) is 0 Å². The number of allylic oxidation sites excluding steroid dienone is 1. The standard InChI is InChI=1S/C27H35N3O4S/c1-17(2)34-26(32)24-18(3)28-27-30(25(24)19-11-13-22(33-5)14-12-19)21(16-35-27)15-23(31)29(4)20-9-7-6-8-10-20/h11-14,16-17,20,25H,6-10,15H2,1-5H3. The van der Waals surface area contributed by atoms with Gasteiger partial charge in [0.25, 0.3) is 0 Å². The third kappa shape index (κ3) is 5.42. The molecule has 1 fully saturated rings. The number of rotatable bonds is 7. The van der Waals surface area contributed by atoms with Crippen LogP contribution in [0.25, 0.3) is 0 Å². The maximum absolute atomic E-state index is 13.3. The predicted octanol–water partition coefficient (Wildman–Crippen LogP) is 5.40. The average molecular weight is 498 g/mol. The Kier molecular flexibility index (Phi) is 7.89. The molecule has 0 N–H and O–H groups in total. The van der Waals surface area contributed by atoms with E-state index in [-0.39, 0.29) is 24.4 Å². The molecule has 35 heavy (non-hydrogen) atoms. The van der Waals surface area contributed by atoms with Gasteiger partial charge in [-0.05, 0) is 56.7 Å². The average Bonchev–Trinajstić information content (AvgIpc) is 3.24. The Balaban J connectivity index is 1.66. The first-order chi connectivity index (χ1) is 16.8. The van der Waals surface area contributed by atoms with Gasteiger partial charge >= 0.3 is 5.97 Å². The van der Waals surface area contributed by atoms with Crippen LogP contribution in [0.5, 0.6) is 5.75 Å². The minimum Gasteiger partial charge on any atom is -0.497 e. The summed E-state index contributed by atoms with van der Waals surface area (Å²) in [5.74, 6) is 0.445. The molecule has 1 aliphatic carbocycles. The molecule has 1 saturated carbocycles. The van der Waals surface area contributed by atoms with E-state index in [2.05, 4.69) is 0 Å². The van der Waals surface area contributed by atoms with Crippen molar-refractivity contribution in [2.24, 2.45) is 4.99 Å². The van der Waals surface area contributed by atoms with Crippen molar-refractivity contribution in [1.82, 2.24) is 9.80 Å². The van der Waals surface area contributed by atoms with Gasteiger partial charge in [0.1, 0.15) is 5.75 Å². The van der Waals surface area contributed by atoms with Gasteiger partial charge in [0.15, 0.2) is 5.17 Å². The summed E-state index contributed by atoms with van der Waals surface area (Å²) in [7, 11) is 3.55. The smallest absolute Gasteiger partial charge is 0.338 e. The lowest BCUT2D eigenvalue weighted by molar-refractivity contribution is -0.143. The molecule has 3 aliphatic rings. The number of hydrogen-bond acceptors (Lipinski definition) is 7. The van der Waals surface area contributed by atoms with Crippen LogP contribution in [0.1, 0.15) is 70.9 Å². The molecule has 0 bridgehead atoms. The Morgan fingerprint density at radius 3 is 2.49 bits per heavy atom. The van der Waals surface area contributed by atoms with Crippen LogP contribution in [0.4, 0.5) is 0 Å². The molecule has 2 aliphatic heterocycles. The van der Waals surface area contributed by atoms with Gasteiger partial charge in [-0.25, -0.2) is 9.79 Å². The van der Waals surface area contributed by atoms with Crippen LogP contribution in [0.15, 0.2) is 51.6 Å². The van der Waals surface area contributed by atoms with E-state index in [4.69, 9.17) is 14.5 Å². The van der Waals surface area contributed by atoms with E-state index in [0.717, 1.165) is 35.0 Å². The van der Waals surface area contributed by atoms with E-state index in [1.165, 1.54) is 31.0 Å². The third-order valence-electron chi connectivity index (χ3n) is 6.84. The zero-order valence-corrected chi connectivity index (χ0v) is 22.1. The van der Waals surface area contributed by atoms with E-state index < -0.39 is 6.04 Å². The number of fused-ring (bicyclic) bond motifs is 1. The van der Waals surface area contributed by atoms with E-state index in [0.29, 0.717) is 17.3 Å². The molecular formula is C27H35N3O4S. The number of hydrogen-bond donors (Lipinski definition) is 0. The largest absolute Gasteiger partial charge is 0.497 e. The van der Waals surface area contributed by atoms with Gasteiger partial charge in [-0.3, -0.25) is 4.79 Å². The zero-order chi connectivity index (χ0) is 25.1. The Labute approximate surface area is 212 Å². The number of amidine groups is 1. The molecule has 2 heterocycles.